The number of likely N-dealkylation sites (tertiary alicyclic amines) is 2. The molecule has 0 radical (unpaired) electrons. The number of aliphatic carboxylic acids is 1. The van der Waals surface area contributed by atoms with Crippen LogP contribution in [0.4, 0.5) is 0 Å². The van der Waals surface area contributed by atoms with E-state index in [2.05, 4.69) is 23.8 Å². The lowest BCUT2D eigenvalue weighted by Gasteiger charge is -2.44. The summed E-state index contributed by atoms with van der Waals surface area (Å²) in [4.78, 5) is 15.9. The van der Waals surface area contributed by atoms with Crippen molar-refractivity contribution in [2.75, 3.05) is 26.7 Å². The molecule has 0 aromatic heterocycles. The fourth-order valence-electron chi connectivity index (χ4n) is 3.28. The van der Waals surface area contributed by atoms with E-state index in [0.717, 1.165) is 19.4 Å². The zero-order valence-corrected chi connectivity index (χ0v) is 10.9. The minimum absolute atomic E-state index is 0.118. The fourth-order valence-corrected chi connectivity index (χ4v) is 3.28. The maximum absolute atomic E-state index is 11.0. The Morgan fingerprint density at radius 2 is 1.82 bits per heavy atom. The van der Waals surface area contributed by atoms with Gasteiger partial charge in [-0.1, -0.05) is 0 Å². The summed E-state index contributed by atoms with van der Waals surface area (Å²) >= 11 is 0. The molecule has 2 aliphatic heterocycles. The zero-order chi connectivity index (χ0) is 12.4. The molecule has 0 aromatic carbocycles. The molecule has 0 aromatic rings. The van der Waals surface area contributed by atoms with E-state index >= 15 is 0 Å². The van der Waals surface area contributed by atoms with E-state index in [1.165, 1.54) is 25.9 Å². The summed E-state index contributed by atoms with van der Waals surface area (Å²) in [6.07, 6.45) is 4.12. The van der Waals surface area contributed by atoms with Crippen LogP contribution >= 0.6 is 0 Å². The van der Waals surface area contributed by atoms with Crippen LogP contribution in [-0.4, -0.2) is 59.6 Å². The SMILES string of the molecule is CC1CC(C(=O)O)CCN1C1CCN(C)CC1. The second-order valence-corrected chi connectivity index (χ2v) is 5.68. The maximum Gasteiger partial charge on any atom is 0.306 e. The van der Waals surface area contributed by atoms with Gasteiger partial charge in [-0.15, -0.1) is 0 Å². The minimum Gasteiger partial charge on any atom is -0.481 e. The number of carboxylic acid groups (broad SMARTS) is 1. The van der Waals surface area contributed by atoms with Crippen molar-refractivity contribution >= 4 is 5.97 Å². The molecule has 2 rings (SSSR count). The number of nitrogens with zero attached hydrogens (tertiary/aromatic N) is 2. The van der Waals surface area contributed by atoms with Crippen LogP contribution in [0, 0.1) is 5.92 Å². The molecule has 0 saturated carbocycles. The van der Waals surface area contributed by atoms with E-state index in [1.54, 1.807) is 0 Å². The first-order chi connectivity index (χ1) is 8.08. The van der Waals surface area contributed by atoms with Crippen molar-refractivity contribution in [3.05, 3.63) is 0 Å². The lowest BCUT2D eigenvalue weighted by molar-refractivity contribution is -0.144. The summed E-state index contributed by atoms with van der Waals surface area (Å²) in [5, 5.41) is 9.06. The maximum atomic E-state index is 11.0. The van der Waals surface area contributed by atoms with Gasteiger partial charge in [0.2, 0.25) is 0 Å². The van der Waals surface area contributed by atoms with Crippen molar-refractivity contribution in [1.82, 2.24) is 9.80 Å². The van der Waals surface area contributed by atoms with E-state index in [-0.39, 0.29) is 5.92 Å². The number of piperidine rings is 2. The second-order valence-electron chi connectivity index (χ2n) is 5.68. The molecule has 0 amide bonds. The van der Waals surface area contributed by atoms with Crippen LogP contribution in [0.2, 0.25) is 0 Å². The molecular formula is C13H24N2O2. The van der Waals surface area contributed by atoms with Crippen molar-refractivity contribution < 1.29 is 9.90 Å². The molecule has 0 bridgehead atoms. The third-order valence-electron chi connectivity index (χ3n) is 4.43. The van der Waals surface area contributed by atoms with Crippen LogP contribution in [0.1, 0.15) is 32.6 Å². The Morgan fingerprint density at radius 3 is 2.35 bits per heavy atom. The Labute approximate surface area is 104 Å². The quantitative estimate of drug-likeness (QED) is 0.789. The van der Waals surface area contributed by atoms with Crippen LogP contribution in [0.25, 0.3) is 0 Å². The van der Waals surface area contributed by atoms with Gasteiger partial charge in [0.15, 0.2) is 0 Å². The van der Waals surface area contributed by atoms with Crippen molar-refractivity contribution in [1.29, 1.82) is 0 Å². The summed E-state index contributed by atoms with van der Waals surface area (Å²) < 4.78 is 0. The Kier molecular flexibility index (Phi) is 4.05. The third-order valence-corrected chi connectivity index (χ3v) is 4.43. The van der Waals surface area contributed by atoms with Gasteiger partial charge in [-0.2, -0.15) is 0 Å². The van der Waals surface area contributed by atoms with Crippen molar-refractivity contribution in [2.45, 2.75) is 44.7 Å². The summed E-state index contributed by atoms with van der Waals surface area (Å²) in [7, 11) is 2.18. The lowest BCUT2D eigenvalue weighted by Crippen LogP contribution is -2.51. The number of rotatable bonds is 2. The Balaban J connectivity index is 1.88. The summed E-state index contributed by atoms with van der Waals surface area (Å²) in [6, 6.07) is 1.11. The largest absolute Gasteiger partial charge is 0.481 e. The van der Waals surface area contributed by atoms with Crippen molar-refractivity contribution in [2.24, 2.45) is 5.92 Å². The minimum atomic E-state index is -0.611. The van der Waals surface area contributed by atoms with E-state index in [4.69, 9.17) is 5.11 Å². The van der Waals surface area contributed by atoms with Gasteiger partial charge in [0.05, 0.1) is 5.92 Å². The van der Waals surface area contributed by atoms with Crippen LogP contribution < -0.4 is 0 Å². The normalized spacial score (nSPS) is 33.8. The number of carboxylic acids is 1. The highest BCUT2D eigenvalue weighted by atomic mass is 16.4. The highest BCUT2D eigenvalue weighted by molar-refractivity contribution is 5.70. The van der Waals surface area contributed by atoms with Gasteiger partial charge < -0.3 is 10.0 Å². The third kappa shape index (κ3) is 2.99. The van der Waals surface area contributed by atoms with Gasteiger partial charge >= 0.3 is 5.97 Å². The first-order valence-electron chi connectivity index (χ1n) is 6.75. The molecule has 0 spiro atoms. The molecule has 98 valence electrons. The van der Waals surface area contributed by atoms with Gasteiger partial charge in [0, 0.05) is 12.1 Å². The van der Waals surface area contributed by atoms with Gasteiger partial charge in [-0.3, -0.25) is 9.69 Å². The van der Waals surface area contributed by atoms with Gasteiger partial charge in [0.1, 0.15) is 0 Å². The molecule has 2 saturated heterocycles. The van der Waals surface area contributed by atoms with Crippen LogP contribution in [-0.2, 0) is 4.79 Å². The Bertz CT molecular complexity index is 275. The Hall–Kier alpha value is -0.610. The van der Waals surface area contributed by atoms with E-state index in [0.29, 0.717) is 12.1 Å². The highest BCUT2D eigenvalue weighted by Gasteiger charge is 2.34. The summed E-state index contributed by atoms with van der Waals surface area (Å²) in [5.41, 5.74) is 0. The summed E-state index contributed by atoms with van der Waals surface area (Å²) in [5.74, 6) is -0.729. The van der Waals surface area contributed by atoms with Gasteiger partial charge in [0.25, 0.3) is 0 Å². The molecule has 4 heteroatoms. The predicted octanol–water partition coefficient (Wildman–Crippen LogP) is 1.27. The lowest BCUT2D eigenvalue weighted by atomic mass is 9.89. The fraction of sp³-hybridized carbons (Fsp3) is 0.923. The molecule has 1 N–H and O–H groups in total. The van der Waals surface area contributed by atoms with E-state index in [1.807, 2.05) is 0 Å². The average Bonchev–Trinajstić information content (AvgIpc) is 2.30. The molecule has 2 heterocycles. The number of hydrogen-bond acceptors (Lipinski definition) is 3. The molecule has 2 aliphatic rings. The number of hydrogen-bond donors (Lipinski definition) is 1. The molecule has 2 atom stereocenters. The van der Waals surface area contributed by atoms with Crippen LogP contribution in [0.5, 0.6) is 0 Å². The molecule has 17 heavy (non-hydrogen) atoms. The van der Waals surface area contributed by atoms with Crippen molar-refractivity contribution in [3.63, 3.8) is 0 Å². The first-order valence-corrected chi connectivity index (χ1v) is 6.75. The standard InChI is InChI=1S/C13H24N2O2/c1-10-9-11(13(16)17)3-8-15(10)12-4-6-14(2)7-5-12/h10-12H,3-9H2,1-2H3,(H,16,17). The van der Waals surface area contributed by atoms with E-state index in [9.17, 15) is 4.79 Å². The molecule has 2 fully saturated rings. The van der Waals surface area contributed by atoms with Gasteiger partial charge in [-0.05, 0) is 59.3 Å². The molecule has 2 unspecified atom stereocenters. The highest BCUT2D eigenvalue weighted by Crippen LogP contribution is 2.28. The zero-order valence-electron chi connectivity index (χ0n) is 10.9. The topological polar surface area (TPSA) is 43.8 Å². The predicted molar refractivity (Wildman–Crippen MR) is 67.0 cm³/mol. The Morgan fingerprint density at radius 1 is 1.18 bits per heavy atom. The molecule has 4 nitrogen and oxygen atoms in total. The average molecular weight is 240 g/mol. The summed E-state index contributed by atoms with van der Waals surface area (Å²) in [6.45, 7) is 5.51. The second kappa shape index (κ2) is 5.36. The smallest absolute Gasteiger partial charge is 0.306 e. The molecule has 0 aliphatic carbocycles. The number of carbonyl (C=O) groups is 1. The van der Waals surface area contributed by atoms with Crippen LogP contribution in [0.15, 0.2) is 0 Å². The first kappa shape index (κ1) is 12.8. The molecular weight excluding hydrogens is 216 g/mol. The van der Waals surface area contributed by atoms with Crippen LogP contribution in [0.3, 0.4) is 0 Å². The van der Waals surface area contributed by atoms with E-state index < -0.39 is 5.97 Å². The van der Waals surface area contributed by atoms with Gasteiger partial charge in [-0.25, -0.2) is 0 Å². The monoisotopic (exact) mass is 240 g/mol. The van der Waals surface area contributed by atoms with Crippen molar-refractivity contribution in [3.8, 4) is 0 Å².